The Morgan fingerprint density at radius 1 is 1.10 bits per heavy atom. The van der Waals surface area contributed by atoms with Gasteiger partial charge in [-0.15, -0.1) is 0 Å². The Balaban J connectivity index is 2.09. The Bertz CT molecular complexity index is 912. The third kappa shape index (κ3) is 1.56. The molecule has 0 radical (unpaired) electrons. The van der Waals surface area contributed by atoms with Crippen molar-refractivity contribution in [3.63, 3.8) is 0 Å². The van der Waals surface area contributed by atoms with Gasteiger partial charge in [-0.05, 0) is 30.7 Å². The summed E-state index contributed by atoms with van der Waals surface area (Å²) in [7, 11) is 0. The van der Waals surface area contributed by atoms with Crippen LogP contribution in [0.5, 0.6) is 0 Å². The number of aryl methyl sites for hydroxylation is 1. The maximum Gasteiger partial charge on any atom is 0.178 e. The minimum absolute atomic E-state index is 0.646. The van der Waals surface area contributed by atoms with Crippen LogP contribution in [-0.4, -0.2) is 25.1 Å². The van der Waals surface area contributed by atoms with Gasteiger partial charge in [-0.25, -0.2) is 15.0 Å². The lowest BCUT2D eigenvalue weighted by atomic mass is 10.1. The van der Waals surface area contributed by atoms with Crippen molar-refractivity contribution in [2.45, 2.75) is 6.92 Å². The summed E-state index contributed by atoms with van der Waals surface area (Å²) in [5.74, 6) is 0.646. The van der Waals surface area contributed by atoms with E-state index >= 15 is 0 Å². The van der Waals surface area contributed by atoms with Crippen LogP contribution in [0.4, 0.5) is 0 Å². The van der Waals surface area contributed by atoms with Gasteiger partial charge in [-0.2, -0.15) is 5.10 Å². The normalized spacial score (nSPS) is 11.2. The Morgan fingerprint density at radius 3 is 2.80 bits per heavy atom. The summed E-state index contributed by atoms with van der Waals surface area (Å²) in [6, 6.07) is 7.98. The molecule has 3 aromatic heterocycles. The summed E-state index contributed by atoms with van der Waals surface area (Å²) in [4.78, 5) is 13.3. The van der Waals surface area contributed by atoms with E-state index in [1.165, 1.54) is 0 Å². The number of hydrogen-bond donors (Lipinski definition) is 1. The fraction of sp³-hybridized carbons (Fsp3) is 0.0667. The van der Waals surface area contributed by atoms with Crippen molar-refractivity contribution in [2.24, 2.45) is 0 Å². The molecule has 0 saturated heterocycles. The van der Waals surface area contributed by atoms with E-state index in [4.69, 9.17) is 4.98 Å². The average molecular weight is 261 g/mol. The fourth-order valence-electron chi connectivity index (χ4n) is 2.41. The number of hydrogen-bond acceptors (Lipinski definition) is 4. The number of rotatable bonds is 1. The first-order chi connectivity index (χ1) is 9.83. The molecule has 0 spiro atoms. The van der Waals surface area contributed by atoms with Crippen LogP contribution >= 0.6 is 0 Å². The van der Waals surface area contributed by atoms with Crippen LogP contribution in [0.25, 0.3) is 33.3 Å². The lowest BCUT2D eigenvalue weighted by Gasteiger charge is -2.06. The van der Waals surface area contributed by atoms with E-state index in [-0.39, 0.29) is 0 Å². The predicted molar refractivity (Wildman–Crippen MR) is 77.2 cm³/mol. The molecule has 0 aliphatic carbocycles. The van der Waals surface area contributed by atoms with Gasteiger partial charge in [-0.3, -0.25) is 5.10 Å². The Labute approximate surface area is 114 Å². The Morgan fingerprint density at radius 2 is 1.95 bits per heavy atom. The van der Waals surface area contributed by atoms with Gasteiger partial charge in [0, 0.05) is 23.2 Å². The van der Waals surface area contributed by atoms with Crippen LogP contribution in [0.1, 0.15) is 5.56 Å². The molecule has 1 aromatic carbocycles. The molecule has 0 amide bonds. The molecular weight excluding hydrogens is 250 g/mol. The van der Waals surface area contributed by atoms with Gasteiger partial charge in [0.05, 0.1) is 17.2 Å². The molecule has 3 heterocycles. The molecule has 0 saturated carbocycles. The zero-order chi connectivity index (χ0) is 13.5. The largest absolute Gasteiger partial charge is 0.278 e. The molecule has 5 nitrogen and oxygen atoms in total. The lowest BCUT2D eigenvalue weighted by molar-refractivity contribution is 1.12. The van der Waals surface area contributed by atoms with E-state index in [0.29, 0.717) is 5.82 Å². The van der Waals surface area contributed by atoms with E-state index in [0.717, 1.165) is 33.1 Å². The monoisotopic (exact) mass is 261 g/mol. The van der Waals surface area contributed by atoms with Gasteiger partial charge < -0.3 is 0 Å². The number of fused-ring (bicyclic) bond motifs is 3. The van der Waals surface area contributed by atoms with Crippen LogP contribution < -0.4 is 0 Å². The summed E-state index contributed by atoms with van der Waals surface area (Å²) in [5.41, 5.74) is 3.77. The van der Waals surface area contributed by atoms with Gasteiger partial charge in [0.15, 0.2) is 5.82 Å². The first kappa shape index (κ1) is 11.0. The third-order valence-corrected chi connectivity index (χ3v) is 3.37. The second-order valence-electron chi connectivity index (χ2n) is 4.69. The molecule has 0 unspecified atom stereocenters. The molecule has 0 fully saturated rings. The van der Waals surface area contributed by atoms with Crippen LogP contribution in [-0.2, 0) is 0 Å². The molecule has 0 aliphatic heterocycles. The van der Waals surface area contributed by atoms with Crippen molar-refractivity contribution in [1.29, 1.82) is 0 Å². The maximum atomic E-state index is 4.76. The van der Waals surface area contributed by atoms with E-state index < -0.39 is 0 Å². The zero-order valence-electron chi connectivity index (χ0n) is 10.8. The summed E-state index contributed by atoms with van der Waals surface area (Å²) in [6.07, 6.45) is 5.26. The summed E-state index contributed by atoms with van der Waals surface area (Å²) in [5, 5.41) is 9.15. The van der Waals surface area contributed by atoms with Crippen LogP contribution in [0, 0.1) is 6.92 Å². The maximum absolute atomic E-state index is 4.76. The van der Waals surface area contributed by atoms with Crippen molar-refractivity contribution < 1.29 is 0 Å². The number of benzene rings is 1. The molecule has 20 heavy (non-hydrogen) atoms. The van der Waals surface area contributed by atoms with Crippen LogP contribution in [0.15, 0.2) is 42.9 Å². The SMILES string of the molecule is Cc1cc2ccc3[nH]ncc3c2nc1-c1ncccn1. The van der Waals surface area contributed by atoms with Gasteiger partial charge in [0.1, 0.15) is 5.69 Å². The minimum Gasteiger partial charge on any atom is -0.278 e. The van der Waals surface area contributed by atoms with Gasteiger partial charge in [0.25, 0.3) is 0 Å². The van der Waals surface area contributed by atoms with Crippen LogP contribution in [0.2, 0.25) is 0 Å². The van der Waals surface area contributed by atoms with E-state index in [9.17, 15) is 0 Å². The van der Waals surface area contributed by atoms with E-state index in [2.05, 4.69) is 26.2 Å². The highest BCUT2D eigenvalue weighted by atomic mass is 15.1. The minimum atomic E-state index is 0.646. The van der Waals surface area contributed by atoms with Crippen LogP contribution in [0.3, 0.4) is 0 Å². The number of nitrogens with one attached hydrogen (secondary N) is 1. The van der Waals surface area contributed by atoms with E-state index in [1.807, 2.05) is 19.1 Å². The molecule has 1 N–H and O–H groups in total. The topological polar surface area (TPSA) is 67.3 Å². The fourth-order valence-corrected chi connectivity index (χ4v) is 2.41. The molecule has 5 heteroatoms. The zero-order valence-corrected chi connectivity index (χ0v) is 10.8. The lowest BCUT2D eigenvalue weighted by Crippen LogP contribution is -1.94. The second-order valence-corrected chi connectivity index (χ2v) is 4.69. The van der Waals surface area contributed by atoms with Gasteiger partial charge in [-0.1, -0.05) is 6.07 Å². The quantitative estimate of drug-likeness (QED) is 0.572. The second kappa shape index (κ2) is 4.09. The number of pyridine rings is 1. The first-order valence-corrected chi connectivity index (χ1v) is 6.34. The molecule has 0 aliphatic rings. The predicted octanol–water partition coefficient (Wildman–Crippen LogP) is 2.88. The summed E-state index contributed by atoms with van der Waals surface area (Å²) in [6.45, 7) is 2.03. The average Bonchev–Trinajstić information content (AvgIpc) is 2.96. The van der Waals surface area contributed by atoms with Gasteiger partial charge in [0.2, 0.25) is 0 Å². The molecular formula is C15H11N5. The number of aromatic nitrogens is 5. The first-order valence-electron chi connectivity index (χ1n) is 6.34. The standard InChI is InChI=1S/C15H11N5/c1-9-7-10-3-4-12-11(8-18-20-12)14(10)19-13(9)15-16-5-2-6-17-15/h2-8H,1H3,(H,18,20). The summed E-state index contributed by atoms with van der Waals surface area (Å²) >= 11 is 0. The number of H-pyrrole nitrogens is 1. The van der Waals surface area contributed by atoms with Crippen molar-refractivity contribution in [3.8, 4) is 11.5 Å². The third-order valence-electron chi connectivity index (χ3n) is 3.37. The Hall–Kier alpha value is -2.82. The number of aromatic amines is 1. The van der Waals surface area contributed by atoms with Crippen molar-refractivity contribution in [2.75, 3.05) is 0 Å². The highest BCUT2D eigenvalue weighted by molar-refractivity contribution is 6.04. The van der Waals surface area contributed by atoms with Crippen molar-refractivity contribution >= 4 is 21.8 Å². The number of nitrogens with zero attached hydrogens (tertiary/aromatic N) is 4. The molecule has 4 rings (SSSR count). The molecule has 4 aromatic rings. The highest BCUT2D eigenvalue weighted by Crippen LogP contribution is 2.27. The smallest absolute Gasteiger partial charge is 0.178 e. The molecule has 0 bridgehead atoms. The van der Waals surface area contributed by atoms with Gasteiger partial charge >= 0.3 is 0 Å². The van der Waals surface area contributed by atoms with E-state index in [1.54, 1.807) is 24.7 Å². The highest BCUT2D eigenvalue weighted by Gasteiger charge is 2.10. The summed E-state index contributed by atoms with van der Waals surface area (Å²) < 4.78 is 0. The van der Waals surface area contributed by atoms with Crippen molar-refractivity contribution in [3.05, 3.63) is 48.4 Å². The molecule has 0 atom stereocenters. The van der Waals surface area contributed by atoms with Crippen molar-refractivity contribution in [1.82, 2.24) is 25.1 Å². The Kier molecular flexibility index (Phi) is 2.26. The molecule has 96 valence electrons.